The molecule has 0 fully saturated rings. The Bertz CT molecular complexity index is 1540. The van der Waals surface area contributed by atoms with E-state index in [4.69, 9.17) is 0 Å². The van der Waals surface area contributed by atoms with Crippen LogP contribution in [0.5, 0.6) is 0 Å². The van der Waals surface area contributed by atoms with Crippen LogP contribution in [0, 0.1) is 0 Å². The maximum atomic E-state index is 11.0. The summed E-state index contributed by atoms with van der Waals surface area (Å²) in [6.45, 7) is 7.40. The van der Waals surface area contributed by atoms with Crippen molar-refractivity contribution in [1.29, 1.82) is 0 Å². The fourth-order valence-electron chi connectivity index (χ4n) is 4.70. The lowest BCUT2D eigenvalue weighted by Gasteiger charge is -2.24. The lowest BCUT2D eigenvalue weighted by Crippen LogP contribution is -2.35. The van der Waals surface area contributed by atoms with Crippen molar-refractivity contribution in [3.63, 3.8) is 0 Å². The van der Waals surface area contributed by atoms with Crippen molar-refractivity contribution < 1.29 is 17.5 Å². The Morgan fingerprint density at radius 1 is 0.780 bits per heavy atom. The molecule has 0 aliphatic rings. The second-order valence-corrected chi connectivity index (χ2v) is 14.0. The topological polar surface area (TPSA) is 64.3 Å². The van der Waals surface area contributed by atoms with E-state index < -0.39 is 10.1 Å². The molecule has 4 aromatic rings. The summed E-state index contributed by atoms with van der Waals surface area (Å²) in [6, 6.07) is 21.4. The number of benzene rings is 2. The number of aryl methyl sites for hydroxylation is 1. The van der Waals surface area contributed by atoms with E-state index in [1.165, 1.54) is 51.4 Å². The summed E-state index contributed by atoms with van der Waals surface area (Å²) in [4.78, 5) is 4.88. The van der Waals surface area contributed by atoms with Crippen LogP contribution in [0.15, 0.2) is 60.7 Å². The molecule has 0 N–H and O–H groups in total. The van der Waals surface area contributed by atoms with Gasteiger partial charge in [-0.15, -0.1) is 11.3 Å². The number of hydrogen-bond donors (Lipinski definition) is 0. The van der Waals surface area contributed by atoms with E-state index in [0.29, 0.717) is 19.4 Å². The number of fused-ring (bicyclic) bond motifs is 1. The van der Waals surface area contributed by atoms with Crippen molar-refractivity contribution in [2.24, 2.45) is 0 Å². The standard InChI is InChI=1S/C33H40N2O3S3/c1-3-5-23-34(24-6-4-2)28-16-13-27(14-17-28)15-18-29-19-20-30(39-29)21-22-33-35(25-9-10-26-41(36,37)38)31-11-7-8-12-32(31)40-33/h7-8,11-22H,3-6,9-10,23-26H2,1-2H3. The van der Waals surface area contributed by atoms with Crippen molar-refractivity contribution in [2.75, 3.05) is 23.7 Å². The Labute approximate surface area is 253 Å². The highest BCUT2D eigenvalue weighted by atomic mass is 32.2. The highest BCUT2D eigenvalue weighted by Gasteiger charge is 2.18. The maximum absolute atomic E-state index is 11.0. The SMILES string of the molecule is CCCCN(CCCC)c1ccc(/C=C/c2ccc(/C=C/c3sc4ccccc4[n+]3CCCCS(=O)(=O)[O-])s2)cc1. The van der Waals surface area contributed by atoms with Crippen LogP contribution in [0.25, 0.3) is 34.5 Å². The van der Waals surface area contributed by atoms with E-state index in [2.05, 4.69) is 96.1 Å². The van der Waals surface area contributed by atoms with Crippen LogP contribution in [0.3, 0.4) is 0 Å². The fraction of sp³-hybridized carbons (Fsp3) is 0.364. The molecule has 0 aliphatic heterocycles. The van der Waals surface area contributed by atoms with E-state index in [0.717, 1.165) is 23.6 Å². The number of rotatable bonds is 16. The molecule has 0 amide bonds. The number of thiazole rings is 1. The molecule has 2 heterocycles. The van der Waals surface area contributed by atoms with Crippen LogP contribution in [0.4, 0.5) is 5.69 Å². The third kappa shape index (κ3) is 9.64. The Morgan fingerprint density at radius 2 is 1.44 bits per heavy atom. The van der Waals surface area contributed by atoms with Crippen LogP contribution in [-0.4, -0.2) is 31.8 Å². The van der Waals surface area contributed by atoms with Gasteiger partial charge in [-0.2, -0.15) is 4.57 Å². The lowest BCUT2D eigenvalue weighted by molar-refractivity contribution is -0.669. The van der Waals surface area contributed by atoms with E-state index in [1.807, 2.05) is 12.1 Å². The third-order valence-corrected chi connectivity index (χ3v) is 9.90. The summed E-state index contributed by atoms with van der Waals surface area (Å²) in [6.07, 6.45) is 14.5. The quantitative estimate of drug-likeness (QED) is 0.0729. The lowest BCUT2D eigenvalue weighted by atomic mass is 10.1. The molecule has 2 aromatic carbocycles. The third-order valence-electron chi connectivity index (χ3n) is 6.96. The molecular formula is C33H40N2O3S3. The zero-order valence-electron chi connectivity index (χ0n) is 24.0. The van der Waals surface area contributed by atoms with E-state index in [-0.39, 0.29) is 5.75 Å². The van der Waals surface area contributed by atoms with Crippen molar-refractivity contribution in [1.82, 2.24) is 0 Å². The first-order valence-electron chi connectivity index (χ1n) is 14.5. The summed E-state index contributed by atoms with van der Waals surface area (Å²) in [5.41, 5.74) is 3.63. The Balaban J connectivity index is 1.41. The Morgan fingerprint density at radius 3 is 2.10 bits per heavy atom. The van der Waals surface area contributed by atoms with Crippen molar-refractivity contribution >= 4 is 73.0 Å². The number of unbranched alkanes of at least 4 members (excludes halogenated alkanes) is 3. The minimum atomic E-state index is -4.17. The van der Waals surface area contributed by atoms with Gasteiger partial charge in [0, 0.05) is 52.8 Å². The molecule has 0 saturated heterocycles. The van der Waals surface area contributed by atoms with Gasteiger partial charge in [-0.1, -0.05) is 68.4 Å². The molecule has 4 rings (SSSR count). The van der Waals surface area contributed by atoms with Crippen molar-refractivity contribution in [3.05, 3.63) is 81.0 Å². The summed E-state index contributed by atoms with van der Waals surface area (Å²) in [5.74, 6) is -0.313. The molecule has 0 bridgehead atoms. The van der Waals surface area contributed by atoms with Gasteiger partial charge in [0.2, 0.25) is 5.52 Å². The first kappa shape index (κ1) is 31.2. The molecule has 5 nitrogen and oxygen atoms in total. The summed E-state index contributed by atoms with van der Waals surface area (Å²) >= 11 is 3.46. The summed E-state index contributed by atoms with van der Waals surface area (Å²) in [5, 5.41) is 1.11. The highest BCUT2D eigenvalue weighted by molar-refractivity contribution is 7.85. The van der Waals surface area contributed by atoms with E-state index in [1.54, 1.807) is 22.7 Å². The Kier molecular flexibility index (Phi) is 11.7. The molecule has 0 unspecified atom stereocenters. The zero-order valence-corrected chi connectivity index (χ0v) is 26.4. The molecular weight excluding hydrogens is 569 g/mol. The van der Waals surface area contributed by atoms with Crippen LogP contribution >= 0.6 is 22.7 Å². The van der Waals surface area contributed by atoms with Crippen LogP contribution < -0.4 is 9.47 Å². The number of nitrogens with zero attached hydrogens (tertiary/aromatic N) is 2. The largest absolute Gasteiger partial charge is 0.748 e. The molecule has 2 aromatic heterocycles. The second kappa shape index (κ2) is 15.4. The minimum Gasteiger partial charge on any atom is -0.748 e. The minimum absolute atomic E-state index is 0.313. The van der Waals surface area contributed by atoms with Crippen LogP contribution in [0.1, 0.15) is 72.7 Å². The second-order valence-electron chi connectivity index (χ2n) is 10.2. The van der Waals surface area contributed by atoms with Gasteiger partial charge in [0.1, 0.15) is 4.70 Å². The predicted octanol–water partition coefficient (Wildman–Crippen LogP) is 8.32. The molecule has 41 heavy (non-hydrogen) atoms. The fourth-order valence-corrected chi connectivity index (χ4v) is 7.16. The van der Waals surface area contributed by atoms with Gasteiger partial charge in [0.25, 0.3) is 5.01 Å². The van der Waals surface area contributed by atoms with E-state index in [9.17, 15) is 13.0 Å². The molecule has 0 aliphatic carbocycles. The summed E-state index contributed by atoms with van der Waals surface area (Å²) < 4.78 is 36.4. The van der Waals surface area contributed by atoms with Crippen LogP contribution in [-0.2, 0) is 16.7 Å². The molecule has 0 spiro atoms. The number of aromatic nitrogens is 1. The van der Waals surface area contributed by atoms with Gasteiger partial charge < -0.3 is 9.45 Å². The number of anilines is 1. The highest BCUT2D eigenvalue weighted by Crippen LogP contribution is 2.25. The molecule has 0 atom stereocenters. The number of thiophene rings is 1. The predicted molar refractivity (Wildman–Crippen MR) is 176 cm³/mol. The number of hydrogen-bond acceptors (Lipinski definition) is 6. The van der Waals surface area contributed by atoms with Gasteiger partial charge in [-0.05, 0) is 67.3 Å². The summed E-state index contributed by atoms with van der Waals surface area (Å²) in [7, 11) is -4.17. The Hall–Kier alpha value is -2.78. The zero-order chi connectivity index (χ0) is 29.1. The monoisotopic (exact) mass is 608 g/mol. The normalized spacial score (nSPS) is 12.3. The average molecular weight is 609 g/mol. The van der Waals surface area contributed by atoms with Gasteiger partial charge in [-0.3, -0.25) is 0 Å². The van der Waals surface area contributed by atoms with E-state index >= 15 is 0 Å². The smallest absolute Gasteiger partial charge is 0.262 e. The van der Waals surface area contributed by atoms with Gasteiger partial charge in [0.05, 0.1) is 10.1 Å². The molecule has 0 radical (unpaired) electrons. The van der Waals surface area contributed by atoms with Gasteiger partial charge >= 0.3 is 0 Å². The average Bonchev–Trinajstić information content (AvgIpc) is 3.57. The first-order valence-corrected chi connectivity index (χ1v) is 17.7. The van der Waals surface area contributed by atoms with Gasteiger partial charge in [0.15, 0.2) is 6.54 Å². The molecule has 8 heteroatoms. The van der Waals surface area contributed by atoms with Gasteiger partial charge in [-0.25, -0.2) is 8.42 Å². The van der Waals surface area contributed by atoms with Crippen molar-refractivity contribution in [2.45, 2.75) is 58.9 Å². The van der Waals surface area contributed by atoms with Crippen LogP contribution in [0.2, 0.25) is 0 Å². The first-order chi connectivity index (χ1) is 19.9. The molecule has 0 saturated carbocycles. The maximum Gasteiger partial charge on any atom is 0.262 e. The number of para-hydroxylation sites is 1. The molecule has 218 valence electrons. The van der Waals surface area contributed by atoms with Crippen molar-refractivity contribution in [3.8, 4) is 0 Å².